The molecule has 1 N–H and O–H groups in total. The Balaban J connectivity index is 1.46. The number of hydrogen-bond donors (Lipinski definition) is 1. The Morgan fingerprint density at radius 1 is 0.935 bits per heavy atom. The van der Waals surface area contributed by atoms with Crippen LogP contribution in [0.4, 0.5) is 5.69 Å². The standard InChI is InChI=1S/C24H18Cl2N2O3/c1-15-10-11-19-20(25)13-21(26)24(23(19)27-15)30-14-22(29)28-16-6-5-9-18(12-16)31-17-7-3-2-4-8-17/h2-13H,14H2,1H3,(H,28,29). The zero-order valence-corrected chi connectivity index (χ0v) is 18.1. The van der Waals surface area contributed by atoms with E-state index in [0.29, 0.717) is 43.9 Å². The quantitative estimate of drug-likeness (QED) is 0.355. The van der Waals surface area contributed by atoms with Gasteiger partial charge >= 0.3 is 0 Å². The fourth-order valence-corrected chi connectivity index (χ4v) is 3.59. The molecule has 7 heteroatoms. The monoisotopic (exact) mass is 452 g/mol. The minimum absolute atomic E-state index is 0.240. The zero-order valence-electron chi connectivity index (χ0n) is 16.6. The van der Waals surface area contributed by atoms with Crippen LogP contribution in [0.1, 0.15) is 5.69 Å². The molecule has 0 aliphatic rings. The van der Waals surface area contributed by atoms with Crippen LogP contribution in [0.25, 0.3) is 10.9 Å². The molecule has 0 saturated carbocycles. The largest absolute Gasteiger partial charge is 0.480 e. The highest BCUT2D eigenvalue weighted by atomic mass is 35.5. The lowest BCUT2D eigenvalue weighted by atomic mass is 10.2. The van der Waals surface area contributed by atoms with Gasteiger partial charge in [0.25, 0.3) is 5.91 Å². The van der Waals surface area contributed by atoms with E-state index in [0.717, 1.165) is 5.69 Å². The second-order valence-corrected chi connectivity index (χ2v) is 7.61. The van der Waals surface area contributed by atoms with Crippen LogP contribution in [0.2, 0.25) is 10.0 Å². The molecule has 156 valence electrons. The number of amides is 1. The zero-order chi connectivity index (χ0) is 21.8. The first-order valence-electron chi connectivity index (χ1n) is 9.50. The molecule has 0 spiro atoms. The number of carbonyl (C=O) groups excluding carboxylic acids is 1. The van der Waals surface area contributed by atoms with Crippen molar-refractivity contribution < 1.29 is 14.3 Å². The maximum Gasteiger partial charge on any atom is 0.262 e. The summed E-state index contributed by atoms with van der Waals surface area (Å²) in [5, 5.41) is 4.27. The van der Waals surface area contributed by atoms with Crippen LogP contribution in [0, 0.1) is 6.92 Å². The van der Waals surface area contributed by atoms with Gasteiger partial charge in [0.15, 0.2) is 12.4 Å². The normalized spacial score (nSPS) is 10.7. The van der Waals surface area contributed by atoms with E-state index < -0.39 is 0 Å². The van der Waals surface area contributed by atoms with Gasteiger partial charge in [0.05, 0.1) is 10.0 Å². The molecular formula is C24H18Cl2N2O3. The summed E-state index contributed by atoms with van der Waals surface area (Å²) in [6.45, 7) is 1.62. The predicted molar refractivity (Wildman–Crippen MR) is 124 cm³/mol. The van der Waals surface area contributed by atoms with Gasteiger partial charge in [-0.1, -0.05) is 47.5 Å². The highest BCUT2D eigenvalue weighted by Crippen LogP contribution is 2.37. The average molecular weight is 453 g/mol. The van der Waals surface area contributed by atoms with Crippen LogP contribution in [-0.4, -0.2) is 17.5 Å². The third-order valence-corrected chi connectivity index (χ3v) is 5.01. The Morgan fingerprint density at radius 3 is 2.52 bits per heavy atom. The molecule has 4 rings (SSSR count). The van der Waals surface area contributed by atoms with Gasteiger partial charge in [-0.05, 0) is 49.4 Å². The SMILES string of the molecule is Cc1ccc2c(Cl)cc(Cl)c(OCC(=O)Nc3cccc(Oc4ccccc4)c3)c2n1. The Labute approximate surface area is 189 Å². The molecule has 1 heterocycles. The molecular weight excluding hydrogens is 435 g/mol. The number of ether oxygens (including phenoxy) is 2. The van der Waals surface area contributed by atoms with E-state index in [1.54, 1.807) is 24.3 Å². The molecule has 0 fully saturated rings. The highest BCUT2D eigenvalue weighted by molar-refractivity contribution is 6.39. The summed E-state index contributed by atoms with van der Waals surface area (Å²) in [5.41, 5.74) is 1.89. The van der Waals surface area contributed by atoms with Gasteiger partial charge in [0.2, 0.25) is 0 Å². The molecule has 31 heavy (non-hydrogen) atoms. The van der Waals surface area contributed by atoms with Gasteiger partial charge in [0, 0.05) is 22.8 Å². The third-order valence-electron chi connectivity index (χ3n) is 4.42. The molecule has 1 amide bonds. The Bertz CT molecular complexity index is 1250. The van der Waals surface area contributed by atoms with Crippen molar-refractivity contribution in [3.8, 4) is 17.2 Å². The summed E-state index contributed by atoms with van der Waals surface area (Å²) in [7, 11) is 0. The summed E-state index contributed by atoms with van der Waals surface area (Å²) in [6.07, 6.45) is 0. The number of fused-ring (bicyclic) bond motifs is 1. The van der Waals surface area contributed by atoms with Crippen molar-refractivity contribution in [3.63, 3.8) is 0 Å². The van der Waals surface area contributed by atoms with Crippen molar-refractivity contribution in [2.75, 3.05) is 11.9 Å². The highest BCUT2D eigenvalue weighted by Gasteiger charge is 2.15. The first kappa shape index (κ1) is 21.0. The first-order valence-corrected chi connectivity index (χ1v) is 10.3. The maximum absolute atomic E-state index is 12.5. The molecule has 0 saturated heterocycles. The van der Waals surface area contributed by atoms with E-state index in [4.69, 9.17) is 32.7 Å². The lowest BCUT2D eigenvalue weighted by Crippen LogP contribution is -2.20. The van der Waals surface area contributed by atoms with Crippen LogP contribution in [-0.2, 0) is 4.79 Å². The fraction of sp³-hybridized carbons (Fsp3) is 0.0833. The van der Waals surface area contributed by atoms with Crippen LogP contribution in [0.5, 0.6) is 17.2 Å². The van der Waals surface area contributed by atoms with Crippen LogP contribution >= 0.6 is 23.2 Å². The molecule has 5 nitrogen and oxygen atoms in total. The summed E-state index contributed by atoms with van der Waals surface area (Å²) in [5.74, 6) is 1.29. The predicted octanol–water partition coefficient (Wildman–Crippen LogP) is 6.66. The van der Waals surface area contributed by atoms with Crippen molar-refractivity contribution in [3.05, 3.63) is 88.5 Å². The topological polar surface area (TPSA) is 60.5 Å². The molecule has 0 aliphatic carbocycles. The molecule has 0 aliphatic heterocycles. The van der Waals surface area contributed by atoms with Gasteiger partial charge < -0.3 is 14.8 Å². The van der Waals surface area contributed by atoms with E-state index in [-0.39, 0.29) is 12.5 Å². The Kier molecular flexibility index (Phi) is 6.26. The van der Waals surface area contributed by atoms with Crippen molar-refractivity contribution in [2.24, 2.45) is 0 Å². The minimum Gasteiger partial charge on any atom is -0.480 e. The number of anilines is 1. The summed E-state index contributed by atoms with van der Waals surface area (Å²) in [6, 6.07) is 21.8. The lowest BCUT2D eigenvalue weighted by molar-refractivity contribution is -0.118. The maximum atomic E-state index is 12.5. The average Bonchev–Trinajstić information content (AvgIpc) is 2.74. The van der Waals surface area contributed by atoms with E-state index >= 15 is 0 Å². The van der Waals surface area contributed by atoms with Crippen LogP contribution < -0.4 is 14.8 Å². The van der Waals surface area contributed by atoms with Gasteiger partial charge in [-0.2, -0.15) is 0 Å². The fourth-order valence-electron chi connectivity index (χ4n) is 3.02. The number of nitrogens with one attached hydrogen (secondary N) is 1. The van der Waals surface area contributed by atoms with E-state index in [2.05, 4.69) is 10.3 Å². The van der Waals surface area contributed by atoms with E-state index in [1.807, 2.05) is 55.5 Å². The second kappa shape index (κ2) is 9.25. The van der Waals surface area contributed by atoms with Gasteiger partial charge in [-0.15, -0.1) is 0 Å². The van der Waals surface area contributed by atoms with Crippen LogP contribution in [0.15, 0.2) is 72.8 Å². The van der Waals surface area contributed by atoms with Crippen LogP contribution in [0.3, 0.4) is 0 Å². The number of pyridine rings is 1. The third kappa shape index (κ3) is 5.08. The number of nitrogens with zero attached hydrogens (tertiary/aromatic N) is 1. The van der Waals surface area contributed by atoms with Crippen molar-refractivity contribution in [1.82, 2.24) is 4.98 Å². The summed E-state index contributed by atoms with van der Waals surface area (Å²) >= 11 is 12.6. The number of benzene rings is 3. The van der Waals surface area contributed by atoms with Crippen molar-refractivity contribution >= 4 is 45.7 Å². The minimum atomic E-state index is -0.344. The number of rotatable bonds is 6. The van der Waals surface area contributed by atoms with Gasteiger partial charge in [-0.3, -0.25) is 4.79 Å². The molecule has 1 aromatic heterocycles. The first-order chi connectivity index (χ1) is 15.0. The molecule has 0 atom stereocenters. The molecule has 0 bridgehead atoms. The summed E-state index contributed by atoms with van der Waals surface area (Å²) < 4.78 is 11.5. The molecule has 4 aromatic rings. The molecule has 3 aromatic carbocycles. The number of para-hydroxylation sites is 1. The van der Waals surface area contributed by atoms with E-state index in [1.165, 1.54) is 0 Å². The summed E-state index contributed by atoms with van der Waals surface area (Å²) in [4.78, 5) is 16.9. The number of halogens is 2. The lowest BCUT2D eigenvalue weighted by Gasteiger charge is -2.13. The molecule has 0 unspecified atom stereocenters. The van der Waals surface area contributed by atoms with Crippen molar-refractivity contribution in [2.45, 2.75) is 6.92 Å². The Morgan fingerprint density at radius 2 is 1.71 bits per heavy atom. The smallest absolute Gasteiger partial charge is 0.262 e. The number of aryl methyl sites for hydroxylation is 1. The van der Waals surface area contributed by atoms with Gasteiger partial charge in [0.1, 0.15) is 17.0 Å². The second-order valence-electron chi connectivity index (χ2n) is 6.80. The molecule has 0 radical (unpaired) electrons. The number of carbonyl (C=O) groups is 1. The van der Waals surface area contributed by atoms with Gasteiger partial charge in [-0.25, -0.2) is 4.98 Å². The number of hydrogen-bond acceptors (Lipinski definition) is 4. The van der Waals surface area contributed by atoms with E-state index in [9.17, 15) is 4.79 Å². The Hall–Kier alpha value is -3.28. The van der Waals surface area contributed by atoms with Crippen molar-refractivity contribution in [1.29, 1.82) is 0 Å². The number of aromatic nitrogens is 1.